The standard InChI is InChI=1S/C17H13ClF4N2O5/c1-2-15(29-8-3-4-11(19)9(5-8)17(20,21)22)16(26)23-12-6-10(18)13(24(27)28)7-14(12)25/h3-7,15,25H,2H2,1H3,(H,23,26). The van der Waals surface area contributed by atoms with Gasteiger partial charge in [0.05, 0.1) is 22.2 Å². The molecule has 0 aliphatic rings. The summed E-state index contributed by atoms with van der Waals surface area (Å²) in [5, 5.41) is 22.5. The first-order chi connectivity index (χ1) is 13.4. The van der Waals surface area contributed by atoms with Gasteiger partial charge >= 0.3 is 6.18 Å². The Balaban J connectivity index is 2.22. The van der Waals surface area contributed by atoms with Gasteiger partial charge < -0.3 is 15.2 Å². The van der Waals surface area contributed by atoms with Gasteiger partial charge in [-0.25, -0.2) is 4.39 Å². The van der Waals surface area contributed by atoms with Crippen LogP contribution in [0.1, 0.15) is 18.9 Å². The summed E-state index contributed by atoms with van der Waals surface area (Å²) in [4.78, 5) is 22.3. The largest absolute Gasteiger partial charge is 0.506 e. The number of hydrogen-bond donors (Lipinski definition) is 2. The maximum absolute atomic E-state index is 13.4. The van der Waals surface area contributed by atoms with E-state index in [0.717, 1.165) is 18.2 Å². The third kappa shape index (κ3) is 5.25. The van der Waals surface area contributed by atoms with Crippen LogP contribution in [-0.4, -0.2) is 22.0 Å². The lowest BCUT2D eigenvalue weighted by atomic mass is 10.2. The quantitative estimate of drug-likeness (QED) is 0.290. The summed E-state index contributed by atoms with van der Waals surface area (Å²) in [7, 11) is 0. The number of benzene rings is 2. The van der Waals surface area contributed by atoms with Crippen molar-refractivity contribution in [3.63, 3.8) is 0 Å². The number of hydrogen-bond acceptors (Lipinski definition) is 5. The minimum Gasteiger partial charge on any atom is -0.506 e. The summed E-state index contributed by atoms with van der Waals surface area (Å²) in [6.07, 6.45) is -6.25. The first-order valence-corrected chi connectivity index (χ1v) is 8.33. The summed E-state index contributed by atoms with van der Waals surface area (Å²) in [6.45, 7) is 1.50. The van der Waals surface area contributed by atoms with Crippen molar-refractivity contribution in [2.45, 2.75) is 25.6 Å². The Bertz CT molecular complexity index is 952. The number of phenols is 1. The van der Waals surface area contributed by atoms with Crippen LogP contribution >= 0.6 is 11.6 Å². The molecule has 0 aliphatic heterocycles. The van der Waals surface area contributed by atoms with E-state index in [9.17, 15) is 37.6 Å². The van der Waals surface area contributed by atoms with Gasteiger partial charge in [-0.2, -0.15) is 13.2 Å². The number of nitro benzene ring substituents is 1. The molecule has 12 heteroatoms. The number of carbonyl (C=O) groups is 1. The van der Waals surface area contributed by atoms with Crippen molar-refractivity contribution >= 4 is 28.9 Å². The van der Waals surface area contributed by atoms with Gasteiger partial charge in [0.2, 0.25) is 0 Å². The summed E-state index contributed by atoms with van der Waals surface area (Å²) >= 11 is 5.72. The summed E-state index contributed by atoms with van der Waals surface area (Å²) in [5.41, 5.74) is -2.40. The average molecular weight is 437 g/mol. The van der Waals surface area contributed by atoms with Crippen LogP contribution in [0, 0.1) is 15.9 Å². The number of phenolic OH excluding ortho intramolecular Hbond substituents is 1. The Kier molecular flexibility index (Phi) is 6.52. The highest BCUT2D eigenvalue weighted by Gasteiger charge is 2.35. The topological polar surface area (TPSA) is 102 Å². The van der Waals surface area contributed by atoms with Gasteiger partial charge in [-0.15, -0.1) is 0 Å². The highest BCUT2D eigenvalue weighted by molar-refractivity contribution is 6.33. The molecule has 0 saturated heterocycles. The molecule has 7 nitrogen and oxygen atoms in total. The highest BCUT2D eigenvalue weighted by Crippen LogP contribution is 2.36. The fourth-order valence-corrected chi connectivity index (χ4v) is 2.52. The second kappa shape index (κ2) is 8.52. The molecule has 2 N–H and O–H groups in total. The van der Waals surface area contributed by atoms with Crippen LogP contribution in [-0.2, 0) is 11.0 Å². The molecule has 0 spiro atoms. The predicted molar refractivity (Wildman–Crippen MR) is 94.5 cm³/mol. The molecule has 0 fully saturated rings. The Morgan fingerprint density at radius 1 is 1.34 bits per heavy atom. The molecule has 0 aromatic heterocycles. The van der Waals surface area contributed by atoms with Gasteiger partial charge in [-0.1, -0.05) is 18.5 Å². The molecule has 0 bridgehead atoms. The molecule has 0 aliphatic carbocycles. The van der Waals surface area contributed by atoms with Crippen molar-refractivity contribution < 1.29 is 37.1 Å². The maximum atomic E-state index is 13.4. The van der Waals surface area contributed by atoms with Crippen molar-refractivity contribution in [1.82, 2.24) is 0 Å². The summed E-state index contributed by atoms with van der Waals surface area (Å²) in [6, 6.07) is 3.59. The Labute approximate surface area is 166 Å². The van der Waals surface area contributed by atoms with Gasteiger partial charge in [-0.3, -0.25) is 14.9 Å². The van der Waals surface area contributed by atoms with E-state index in [1.54, 1.807) is 0 Å². The third-order valence-corrected chi connectivity index (χ3v) is 4.01. The monoisotopic (exact) mass is 436 g/mol. The van der Waals surface area contributed by atoms with Gasteiger partial charge in [0.25, 0.3) is 11.6 Å². The van der Waals surface area contributed by atoms with Crippen LogP contribution in [0.2, 0.25) is 5.02 Å². The van der Waals surface area contributed by atoms with Crippen molar-refractivity contribution in [3.8, 4) is 11.5 Å². The number of ether oxygens (including phenoxy) is 1. The van der Waals surface area contributed by atoms with Gasteiger partial charge in [0, 0.05) is 0 Å². The second-order valence-corrected chi connectivity index (χ2v) is 6.13. The number of amides is 1. The SMILES string of the molecule is CCC(Oc1ccc(F)c(C(F)(F)F)c1)C(=O)Nc1cc(Cl)c([N+](=O)[O-])cc1O. The fraction of sp³-hybridized carbons (Fsp3) is 0.235. The number of nitro groups is 1. The molecule has 0 radical (unpaired) electrons. The van der Waals surface area contributed by atoms with E-state index in [-0.39, 0.29) is 17.1 Å². The number of aromatic hydroxyl groups is 1. The average Bonchev–Trinajstić information content (AvgIpc) is 2.62. The van der Waals surface area contributed by atoms with Gasteiger partial charge in [-0.05, 0) is 30.7 Å². The van der Waals surface area contributed by atoms with Crippen molar-refractivity contribution in [2.24, 2.45) is 0 Å². The Morgan fingerprint density at radius 2 is 2.00 bits per heavy atom. The molecule has 1 unspecified atom stereocenters. The zero-order valence-electron chi connectivity index (χ0n) is 14.6. The molecule has 2 aromatic carbocycles. The molecular weight excluding hydrogens is 424 g/mol. The van der Waals surface area contributed by atoms with E-state index in [1.165, 1.54) is 6.92 Å². The van der Waals surface area contributed by atoms with Crippen LogP contribution in [0.15, 0.2) is 30.3 Å². The van der Waals surface area contributed by atoms with E-state index < -0.39 is 51.7 Å². The van der Waals surface area contributed by atoms with Crippen LogP contribution in [0.5, 0.6) is 11.5 Å². The second-order valence-electron chi connectivity index (χ2n) is 5.72. The smallest absolute Gasteiger partial charge is 0.419 e. The van der Waals surface area contributed by atoms with Crippen LogP contribution in [0.3, 0.4) is 0 Å². The molecule has 1 amide bonds. The van der Waals surface area contributed by atoms with Gasteiger partial charge in [0.1, 0.15) is 22.3 Å². The summed E-state index contributed by atoms with van der Waals surface area (Å²) in [5.74, 6) is -3.41. The highest BCUT2D eigenvalue weighted by atomic mass is 35.5. The first kappa shape index (κ1) is 22.2. The zero-order valence-corrected chi connectivity index (χ0v) is 15.3. The van der Waals surface area contributed by atoms with Crippen LogP contribution < -0.4 is 10.1 Å². The number of rotatable bonds is 6. The van der Waals surface area contributed by atoms with Crippen molar-refractivity contribution in [3.05, 3.63) is 56.8 Å². The Hall–Kier alpha value is -3.08. The fourth-order valence-electron chi connectivity index (χ4n) is 2.29. The number of nitrogens with zero attached hydrogens (tertiary/aromatic N) is 1. The van der Waals surface area contributed by atoms with E-state index in [4.69, 9.17) is 16.3 Å². The molecule has 1 atom stereocenters. The van der Waals surface area contributed by atoms with Crippen molar-refractivity contribution in [1.29, 1.82) is 0 Å². The minimum absolute atomic E-state index is 0.00599. The maximum Gasteiger partial charge on any atom is 0.419 e. The lowest BCUT2D eigenvalue weighted by molar-refractivity contribution is -0.384. The molecule has 2 rings (SSSR count). The van der Waals surface area contributed by atoms with E-state index >= 15 is 0 Å². The normalized spacial score (nSPS) is 12.3. The number of carbonyl (C=O) groups excluding carboxylic acids is 1. The van der Waals surface area contributed by atoms with E-state index in [0.29, 0.717) is 12.1 Å². The molecule has 29 heavy (non-hydrogen) atoms. The molecule has 2 aromatic rings. The van der Waals surface area contributed by atoms with E-state index in [2.05, 4.69) is 5.32 Å². The van der Waals surface area contributed by atoms with Gasteiger partial charge in [0.15, 0.2) is 6.10 Å². The lowest BCUT2D eigenvalue weighted by Crippen LogP contribution is -2.32. The molecule has 0 saturated carbocycles. The molecular formula is C17H13ClF4N2O5. The van der Waals surface area contributed by atoms with Crippen LogP contribution in [0.25, 0.3) is 0 Å². The predicted octanol–water partition coefficient (Wildman–Crippen LogP) is 4.91. The number of anilines is 1. The zero-order chi connectivity index (χ0) is 21.9. The molecule has 156 valence electrons. The number of halogens is 5. The Morgan fingerprint density at radius 3 is 2.55 bits per heavy atom. The van der Waals surface area contributed by atoms with Crippen LogP contribution in [0.4, 0.5) is 28.9 Å². The van der Waals surface area contributed by atoms with Crippen molar-refractivity contribution in [2.75, 3.05) is 5.32 Å². The summed E-state index contributed by atoms with van der Waals surface area (Å²) < 4.78 is 57.0. The lowest BCUT2D eigenvalue weighted by Gasteiger charge is -2.19. The van der Waals surface area contributed by atoms with E-state index in [1.807, 2.05) is 0 Å². The minimum atomic E-state index is -4.95. The third-order valence-electron chi connectivity index (χ3n) is 3.70. The first-order valence-electron chi connectivity index (χ1n) is 7.95. The number of alkyl halides is 3. The number of nitrogens with one attached hydrogen (secondary N) is 1. The molecule has 0 heterocycles.